The molecule has 0 saturated heterocycles. The summed E-state index contributed by atoms with van der Waals surface area (Å²) in [6, 6.07) is 14.3. The van der Waals surface area contributed by atoms with Gasteiger partial charge in [-0.3, -0.25) is 0 Å². The van der Waals surface area contributed by atoms with Crippen LogP contribution < -0.4 is 15.4 Å². The topological polar surface area (TPSA) is 76.7 Å². The molecule has 0 spiro atoms. The van der Waals surface area contributed by atoms with Crippen molar-refractivity contribution in [3.05, 3.63) is 65.7 Å². The number of benzene rings is 2. The molecule has 0 aromatic heterocycles. The SMILES string of the molecule is CCOC(=O)/C=C/c1ccc(NC(=O)NCc2ccc(OC)cc2)cc1. The number of carbonyl (C=O) groups excluding carboxylic acids is 2. The molecular weight excluding hydrogens is 332 g/mol. The van der Waals surface area contributed by atoms with Crippen LogP contribution in [0.5, 0.6) is 5.75 Å². The Hall–Kier alpha value is -3.28. The molecule has 0 atom stereocenters. The Morgan fingerprint density at radius 1 is 1.04 bits per heavy atom. The van der Waals surface area contributed by atoms with E-state index in [9.17, 15) is 9.59 Å². The molecule has 136 valence electrons. The lowest BCUT2D eigenvalue weighted by atomic mass is 10.2. The van der Waals surface area contributed by atoms with Gasteiger partial charge in [0, 0.05) is 18.3 Å². The summed E-state index contributed by atoms with van der Waals surface area (Å²) in [4.78, 5) is 23.2. The van der Waals surface area contributed by atoms with Gasteiger partial charge in [-0.1, -0.05) is 24.3 Å². The predicted octanol–water partition coefficient (Wildman–Crippen LogP) is 3.59. The van der Waals surface area contributed by atoms with E-state index in [1.165, 1.54) is 6.08 Å². The molecule has 0 aliphatic heterocycles. The highest BCUT2D eigenvalue weighted by Gasteiger charge is 2.02. The minimum Gasteiger partial charge on any atom is -0.497 e. The summed E-state index contributed by atoms with van der Waals surface area (Å²) >= 11 is 0. The Kier molecular flexibility index (Phi) is 7.24. The Bertz CT molecular complexity index is 752. The number of rotatable bonds is 7. The second kappa shape index (κ2) is 9.88. The van der Waals surface area contributed by atoms with E-state index in [1.54, 1.807) is 44.4 Å². The molecule has 0 aliphatic rings. The summed E-state index contributed by atoms with van der Waals surface area (Å²) in [7, 11) is 1.61. The third kappa shape index (κ3) is 6.32. The van der Waals surface area contributed by atoms with Gasteiger partial charge in [-0.2, -0.15) is 0 Å². The van der Waals surface area contributed by atoms with Crippen molar-refractivity contribution in [2.75, 3.05) is 19.0 Å². The maximum atomic E-state index is 12.0. The summed E-state index contributed by atoms with van der Waals surface area (Å²) in [6.45, 7) is 2.51. The molecular formula is C20H22N2O4. The van der Waals surface area contributed by atoms with Crippen LogP contribution in [0.1, 0.15) is 18.1 Å². The number of urea groups is 1. The lowest BCUT2D eigenvalue weighted by Crippen LogP contribution is -2.28. The average Bonchev–Trinajstić information content (AvgIpc) is 2.66. The van der Waals surface area contributed by atoms with Crippen molar-refractivity contribution < 1.29 is 19.1 Å². The first kappa shape index (κ1) is 19.1. The molecule has 6 heteroatoms. The van der Waals surface area contributed by atoms with E-state index in [0.29, 0.717) is 18.8 Å². The first-order valence-corrected chi connectivity index (χ1v) is 8.23. The smallest absolute Gasteiger partial charge is 0.330 e. The number of methoxy groups -OCH3 is 1. The second-order valence-corrected chi connectivity index (χ2v) is 5.36. The van der Waals surface area contributed by atoms with E-state index in [2.05, 4.69) is 10.6 Å². The fourth-order valence-corrected chi connectivity index (χ4v) is 2.13. The van der Waals surface area contributed by atoms with E-state index in [-0.39, 0.29) is 12.0 Å². The summed E-state index contributed by atoms with van der Waals surface area (Å²) < 4.78 is 9.91. The molecule has 2 aromatic rings. The highest BCUT2D eigenvalue weighted by Crippen LogP contribution is 2.12. The molecule has 0 unspecified atom stereocenters. The normalized spacial score (nSPS) is 10.4. The Labute approximate surface area is 152 Å². The van der Waals surface area contributed by atoms with Crippen LogP contribution in [0.3, 0.4) is 0 Å². The van der Waals surface area contributed by atoms with Crippen LogP contribution in [-0.2, 0) is 16.1 Å². The number of hydrogen-bond donors (Lipinski definition) is 2. The van der Waals surface area contributed by atoms with Gasteiger partial charge in [0.2, 0.25) is 0 Å². The molecule has 2 N–H and O–H groups in total. The van der Waals surface area contributed by atoms with Crippen molar-refractivity contribution >= 4 is 23.8 Å². The summed E-state index contributed by atoms with van der Waals surface area (Å²) in [5.41, 5.74) is 2.47. The van der Waals surface area contributed by atoms with Gasteiger partial charge in [0.15, 0.2) is 0 Å². The summed E-state index contributed by atoms with van der Waals surface area (Å²) in [6.07, 6.45) is 3.03. The number of hydrogen-bond acceptors (Lipinski definition) is 4. The lowest BCUT2D eigenvalue weighted by molar-refractivity contribution is -0.137. The zero-order valence-corrected chi connectivity index (χ0v) is 14.8. The number of nitrogens with one attached hydrogen (secondary N) is 2. The van der Waals surface area contributed by atoms with E-state index in [1.807, 2.05) is 24.3 Å². The quantitative estimate of drug-likeness (QED) is 0.588. The van der Waals surface area contributed by atoms with Gasteiger partial charge in [0.25, 0.3) is 0 Å². The Balaban J connectivity index is 1.82. The lowest BCUT2D eigenvalue weighted by Gasteiger charge is -2.08. The van der Waals surface area contributed by atoms with Gasteiger partial charge in [0.05, 0.1) is 13.7 Å². The standard InChI is InChI=1S/C20H22N2O4/c1-3-26-19(23)13-8-15-4-9-17(10-5-15)22-20(24)21-14-16-6-11-18(25-2)12-7-16/h4-13H,3,14H2,1-2H3,(H2,21,22,24)/b13-8+. The van der Waals surface area contributed by atoms with Crippen molar-refractivity contribution in [2.24, 2.45) is 0 Å². The van der Waals surface area contributed by atoms with Gasteiger partial charge < -0.3 is 20.1 Å². The highest BCUT2D eigenvalue weighted by molar-refractivity contribution is 5.90. The summed E-state index contributed by atoms with van der Waals surface area (Å²) in [5, 5.41) is 5.54. The Morgan fingerprint density at radius 2 is 1.73 bits per heavy atom. The maximum absolute atomic E-state index is 12.0. The number of amides is 2. The fourth-order valence-electron chi connectivity index (χ4n) is 2.13. The van der Waals surface area contributed by atoms with E-state index in [4.69, 9.17) is 9.47 Å². The number of carbonyl (C=O) groups is 2. The van der Waals surface area contributed by atoms with E-state index in [0.717, 1.165) is 16.9 Å². The fraction of sp³-hybridized carbons (Fsp3) is 0.200. The number of esters is 1. The van der Waals surface area contributed by atoms with E-state index < -0.39 is 0 Å². The van der Waals surface area contributed by atoms with Crippen molar-refractivity contribution in [3.8, 4) is 5.75 Å². The molecule has 6 nitrogen and oxygen atoms in total. The minimum atomic E-state index is -0.382. The second-order valence-electron chi connectivity index (χ2n) is 5.36. The van der Waals surface area contributed by atoms with Crippen LogP contribution in [0.15, 0.2) is 54.6 Å². The van der Waals surface area contributed by atoms with Crippen LogP contribution >= 0.6 is 0 Å². The number of ether oxygens (including phenoxy) is 2. The first-order valence-electron chi connectivity index (χ1n) is 8.23. The molecule has 0 aliphatic carbocycles. The first-order chi connectivity index (χ1) is 12.6. The van der Waals surface area contributed by atoms with Gasteiger partial charge in [-0.25, -0.2) is 9.59 Å². The molecule has 2 aromatic carbocycles. The molecule has 0 heterocycles. The molecule has 2 rings (SSSR count). The number of anilines is 1. The molecule has 0 saturated carbocycles. The zero-order chi connectivity index (χ0) is 18.8. The van der Waals surface area contributed by atoms with Crippen LogP contribution in [-0.4, -0.2) is 25.7 Å². The monoisotopic (exact) mass is 354 g/mol. The van der Waals surface area contributed by atoms with Crippen molar-refractivity contribution in [2.45, 2.75) is 13.5 Å². The Morgan fingerprint density at radius 3 is 2.35 bits per heavy atom. The third-order valence-electron chi connectivity index (χ3n) is 3.48. The van der Waals surface area contributed by atoms with Gasteiger partial charge in [-0.15, -0.1) is 0 Å². The minimum absolute atomic E-state index is 0.296. The van der Waals surface area contributed by atoms with Crippen molar-refractivity contribution in [1.29, 1.82) is 0 Å². The largest absolute Gasteiger partial charge is 0.497 e. The molecule has 0 bridgehead atoms. The molecule has 0 fully saturated rings. The molecule has 0 radical (unpaired) electrons. The zero-order valence-electron chi connectivity index (χ0n) is 14.8. The van der Waals surface area contributed by atoms with Gasteiger partial charge >= 0.3 is 12.0 Å². The van der Waals surface area contributed by atoms with Crippen LogP contribution in [0, 0.1) is 0 Å². The maximum Gasteiger partial charge on any atom is 0.330 e. The molecule has 2 amide bonds. The van der Waals surface area contributed by atoms with Crippen molar-refractivity contribution in [1.82, 2.24) is 5.32 Å². The van der Waals surface area contributed by atoms with Crippen LogP contribution in [0.2, 0.25) is 0 Å². The molecule has 26 heavy (non-hydrogen) atoms. The van der Waals surface area contributed by atoms with E-state index >= 15 is 0 Å². The van der Waals surface area contributed by atoms with Crippen LogP contribution in [0.4, 0.5) is 10.5 Å². The summed E-state index contributed by atoms with van der Waals surface area (Å²) in [5.74, 6) is 0.392. The highest BCUT2D eigenvalue weighted by atomic mass is 16.5. The van der Waals surface area contributed by atoms with Crippen LogP contribution in [0.25, 0.3) is 6.08 Å². The van der Waals surface area contributed by atoms with Gasteiger partial charge in [-0.05, 0) is 48.4 Å². The van der Waals surface area contributed by atoms with Gasteiger partial charge in [0.1, 0.15) is 5.75 Å². The van der Waals surface area contributed by atoms with Crippen molar-refractivity contribution in [3.63, 3.8) is 0 Å². The predicted molar refractivity (Wildman–Crippen MR) is 101 cm³/mol. The average molecular weight is 354 g/mol. The third-order valence-corrected chi connectivity index (χ3v) is 3.48.